The van der Waals surface area contributed by atoms with Gasteiger partial charge in [-0.1, -0.05) is 24.3 Å². The molecule has 1 aliphatic heterocycles. The van der Waals surface area contributed by atoms with E-state index in [1.165, 1.54) is 0 Å². The van der Waals surface area contributed by atoms with Gasteiger partial charge in [-0.25, -0.2) is 0 Å². The van der Waals surface area contributed by atoms with Crippen molar-refractivity contribution in [1.82, 2.24) is 14.8 Å². The molecule has 0 unspecified atom stereocenters. The van der Waals surface area contributed by atoms with Crippen molar-refractivity contribution in [1.29, 1.82) is 0 Å². The van der Waals surface area contributed by atoms with E-state index in [-0.39, 0.29) is 5.91 Å². The first kappa shape index (κ1) is 21.8. The molecule has 0 spiro atoms. The summed E-state index contributed by atoms with van der Waals surface area (Å²) < 4.78 is 0. The van der Waals surface area contributed by atoms with Crippen molar-refractivity contribution in [3.63, 3.8) is 0 Å². The Morgan fingerprint density at radius 1 is 1.09 bits per heavy atom. The Kier molecular flexibility index (Phi) is 6.39. The molecule has 0 bridgehead atoms. The highest BCUT2D eigenvalue weighted by atomic mass is 16.1. The largest absolute Gasteiger partial charge is 0.366 e. The maximum Gasteiger partial charge on any atom is 0.250 e. The number of benzene rings is 2. The number of piperazine rings is 1. The standard InChI is InChI=1S/C25H29N5O2/c1-17-18(19-8-9-21(25(26)32)24-20(19)10-11-27-24)5-3-6-22(17)28-23(31)7-4-12-30-15-13-29(2)14-16-30/h3-11,27H,12-16H2,1-2H3,(H2,26,32)(H,28,31). The molecule has 0 saturated carbocycles. The van der Waals surface area contributed by atoms with Crippen LogP contribution in [0.5, 0.6) is 0 Å². The number of H-pyrrole nitrogens is 1. The Morgan fingerprint density at radius 3 is 2.62 bits per heavy atom. The summed E-state index contributed by atoms with van der Waals surface area (Å²) in [7, 11) is 2.13. The Bertz CT molecular complexity index is 1170. The minimum atomic E-state index is -0.468. The van der Waals surface area contributed by atoms with E-state index in [1.807, 2.05) is 43.3 Å². The van der Waals surface area contributed by atoms with Crippen LogP contribution in [-0.4, -0.2) is 66.4 Å². The summed E-state index contributed by atoms with van der Waals surface area (Å²) in [5.41, 5.74) is 10.4. The highest BCUT2D eigenvalue weighted by Gasteiger charge is 2.15. The van der Waals surface area contributed by atoms with Crippen molar-refractivity contribution < 1.29 is 9.59 Å². The Labute approximate surface area is 187 Å². The number of carbonyl (C=O) groups is 2. The second kappa shape index (κ2) is 9.38. The Balaban J connectivity index is 1.51. The first-order chi connectivity index (χ1) is 15.4. The van der Waals surface area contributed by atoms with Gasteiger partial charge in [-0.3, -0.25) is 14.5 Å². The Morgan fingerprint density at radius 2 is 1.88 bits per heavy atom. The minimum Gasteiger partial charge on any atom is -0.366 e. The number of nitrogens with two attached hydrogens (primary N) is 1. The number of likely N-dealkylation sites (N-methyl/N-ethyl adjacent to an activating group) is 1. The van der Waals surface area contributed by atoms with Gasteiger partial charge < -0.3 is 20.9 Å². The lowest BCUT2D eigenvalue weighted by Gasteiger charge is -2.31. The zero-order valence-electron chi connectivity index (χ0n) is 18.5. The molecule has 32 heavy (non-hydrogen) atoms. The maximum absolute atomic E-state index is 12.5. The quantitative estimate of drug-likeness (QED) is 0.523. The molecule has 0 atom stereocenters. The van der Waals surface area contributed by atoms with E-state index in [1.54, 1.807) is 18.3 Å². The van der Waals surface area contributed by atoms with Crippen LogP contribution in [0, 0.1) is 6.92 Å². The van der Waals surface area contributed by atoms with Crippen LogP contribution in [0.3, 0.4) is 0 Å². The van der Waals surface area contributed by atoms with E-state index in [0.29, 0.717) is 5.56 Å². The third kappa shape index (κ3) is 4.59. The van der Waals surface area contributed by atoms with Crippen molar-refractivity contribution in [3.05, 3.63) is 65.9 Å². The summed E-state index contributed by atoms with van der Waals surface area (Å²) >= 11 is 0. The summed E-state index contributed by atoms with van der Waals surface area (Å²) in [5, 5.41) is 3.92. The molecular formula is C25H29N5O2. The predicted octanol–water partition coefficient (Wildman–Crippen LogP) is 2.98. The second-order valence-electron chi connectivity index (χ2n) is 8.26. The van der Waals surface area contributed by atoms with Gasteiger partial charge in [0.25, 0.3) is 5.91 Å². The molecule has 2 heterocycles. The van der Waals surface area contributed by atoms with Gasteiger partial charge >= 0.3 is 0 Å². The number of nitrogens with one attached hydrogen (secondary N) is 2. The van der Waals surface area contributed by atoms with Crippen molar-refractivity contribution in [2.45, 2.75) is 6.92 Å². The third-order valence-corrected chi connectivity index (χ3v) is 6.10. The lowest BCUT2D eigenvalue weighted by atomic mass is 9.94. The molecule has 7 heteroatoms. The molecular weight excluding hydrogens is 402 g/mol. The smallest absolute Gasteiger partial charge is 0.250 e. The molecule has 1 saturated heterocycles. The molecule has 2 aromatic carbocycles. The molecule has 4 N–H and O–H groups in total. The van der Waals surface area contributed by atoms with Crippen LogP contribution < -0.4 is 11.1 Å². The lowest BCUT2D eigenvalue weighted by molar-refractivity contribution is -0.111. The molecule has 1 aromatic heterocycles. The number of primary amides is 1. The average molecular weight is 432 g/mol. The highest BCUT2D eigenvalue weighted by Crippen LogP contribution is 2.34. The van der Waals surface area contributed by atoms with E-state index in [9.17, 15) is 9.59 Å². The SMILES string of the molecule is Cc1c(NC(=O)C=CCN2CCN(C)CC2)cccc1-c1ccc(C(N)=O)c2[nH]ccc12. The van der Waals surface area contributed by atoms with Gasteiger partial charge in [0.1, 0.15) is 0 Å². The van der Waals surface area contributed by atoms with Crippen LogP contribution in [0.1, 0.15) is 15.9 Å². The van der Waals surface area contributed by atoms with Gasteiger partial charge in [0, 0.05) is 56.1 Å². The molecule has 0 aliphatic carbocycles. The van der Waals surface area contributed by atoms with E-state index in [4.69, 9.17) is 5.73 Å². The van der Waals surface area contributed by atoms with Crippen molar-refractivity contribution in [2.24, 2.45) is 5.73 Å². The number of hydrogen-bond acceptors (Lipinski definition) is 4. The van der Waals surface area contributed by atoms with Crippen LogP contribution in [0.2, 0.25) is 0 Å². The normalized spacial score (nSPS) is 15.4. The van der Waals surface area contributed by atoms with Crippen molar-refractivity contribution in [3.8, 4) is 11.1 Å². The number of anilines is 1. The number of carbonyl (C=O) groups excluding carboxylic acids is 2. The van der Waals surface area contributed by atoms with Crippen molar-refractivity contribution in [2.75, 3.05) is 45.1 Å². The zero-order chi connectivity index (χ0) is 22.7. The molecule has 3 aromatic rings. The topological polar surface area (TPSA) is 94.5 Å². The fourth-order valence-electron chi connectivity index (χ4n) is 4.17. The summed E-state index contributed by atoms with van der Waals surface area (Å²) in [6.45, 7) is 6.91. The molecule has 1 aliphatic rings. The summed E-state index contributed by atoms with van der Waals surface area (Å²) in [4.78, 5) is 32.0. The van der Waals surface area contributed by atoms with Crippen molar-refractivity contribution >= 4 is 28.4 Å². The fourth-order valence-corrected chi connectivity index (χ4v) is 4.17. The summed E-state index contributed by atoms with van der Waals surface area (Å²) in [6, 6.07) is 11.4. The number of nitrogens with zero attached hydrogens (tertiary/aromatic N) is 2. The van der Waals surface area contributed by atoms with Crippen LogP contribution in [-0.2, 0) is 4.79 Å². The average Bonchev–Trinajstić information content (AvgIpc) is 3.26. The third-order valence-electron chi connectivity index (χ3n) is 6.10. The summed E-state index contributed by atoms with van der Waals surface area (Å²) in [6.07, 6.45) is 5.33. The number of hydrogen-bond donors (Lipinski definition) is 3. The van der Waals surface area contributed by atoms with E-state index >= 15 is 0 Å². The number of aromatic amines is 1. The molecule has 2 amide bonds. The van der Waals surface area contributed by atoms with Gasteiger partial charge in [-0.15, -0.1) is 0 Å². The van der Waals surface area contributed by atoms with Crippen LogP contribution in [0.25, 0.3) is 22.0 Å². The van der Waals surface area contributed by atoms with Crippen LogP contribution in [0.15, 0.2) is 54.7 Å². The number of fused-ring (bicyclic) bond motifs is 1. The monoisotopic (exact) mass is 431 g/mol. The second-order valence-corrected chi connectivity index (χ2v) is 8.26. The molecule has 166 valence electrons. The van der Waals surface area contributed by atoms with Gasteiger partial charge in [0.2, 0.25) is 5.91 Å². The predicted molar refractivity (Wildman–Crippen MR) is 129 cm³/mol. The maximum atomic E-state index is 12.5. The van der Waals surface area contributed by atoms with Gasteiger partial charge in [-0.2, -0.15) is 0 Å². The van der Waals surface area contributed by atoms with Gasteiger partial charge in [-0.05, 0) is 48.9 Å². The van der Waals surface area contributed by atoms with Crippen LogP contribution in [0.4, 0.5) is 5.69 Å². The van der Waals surface area contributed by atoms with Crippen LogP contribution >= 0.6 is 0 Å². The first-order valence-electron chi connectivity index (χ1n) is 10.8. The number of aromatic nitrogens is 1. The van der Waals surface area contributed by atoms with E-state index in [0.717, 1.165) is 66.0 Å². The molecule has 4 rings (SSSR count). The Hall–Kier alpha value is -3.42. The van der Waals surface area contributed by atoms with Gasteiger partial charge in [0.05, 0.1) is 11.1 Å². The van der Waals surface area contributed by atoms with E-state index in [2.05, 4.69) is 27.1 Å². The molecule has 0 radical (unpaired) electrons. The number of rotatable bonds is 6. The number of amides is 2. The first-order valence-corrected chi connectivity index (χ1v) is 10.8. The zero-order valence-corrected chi connectivity index (χ0v) is 18.5. The fraction of sp³-hybridized carbons (Fsp3) is 0.280. The molecule has 1 fully saturated rings. The van der Waals surface area contributed by atoms with E-state index < -0.39 is 5.91 Å². The highest BCUT2D eigenvalue weighted by molar-refractivity contribution is 6.09. The minimum absolute atomic E-state index is 0.143. The molecule has 7 nitrogen and oxygen atoms in total. The summed E-state index contributed by atoms with van der Waals surface area (Å²) in [5.74, 6) is -0.611. The van der Waals surface area contributed by atoms with Gasteiger partial charge in [0.15, 0.2) is 0 Å². The lowest BCUT2D eigenvalue weighted by Crippen LogP contribution is -2.44.